The molecule has 0 fully saturated rings. The summed E-state index contributed by atoms with van der Waals surface area (Å²) in [6.07, 6.45) is 9.35. The first-order chi connectivity index (χ1) is 16.8. The molecular formula is C32H30S2. The number of hydrogen-bond donors (Lipinski definition) is 0. The van der Waals surface area contributed by atoms with E-state index in [1.54, 1.807) is 0 Å². The third-order valence-electron chi connectivity index (χ3n) is 7.03. The molecule has 0 spiro atoms. The molecule has 0 aliphatic rings. The third-order valence-corrected chi connectivity index (χ3v) is 9.55. The van der Waals surface area contributed by atoms with Gasteiger partial charge in [0.2, 0.25) is 0 Å². The van der Waals surface area contributed by atoms with E-state index >= 15 is 0 Å². The van der Waals surface area contributed by atoms with Crippen molar-refractivity contribution in [2.75, 3.05) is 0 Å². The first-order valence-electron chi connectivity index (χ1n) is 12.7. The molecule has 2 heteroatoms. The first-order valence-corrected chi connectivity index (χ1v) is 14.3. The summed E-state index contributed by atoms with van der Waals surface area (Å²) in [7, 11) is 0. The van der Waals surface area contributed by atoms with Gasteiger partial charge in [-0.05, 0) is 70.6 Å². The summed E-state index contributed by atoms with van der Waals surface area (Å²) in [4.78, 5) is 0. The maximum atomic E-state index is 2.48. The standard InChI is InChI=1S/C32H30S2/c1-2-3-4-5-6-8-11-22-14-17-29-27(18-22)31-32(33-29)28-20-26-19-24(23-12-9-7-10-13-23)15-16-25(26)21-30(28)34-31/h7,9-10,12-21H,2-6,8,11H2,1H3. The van der Waals surface area contributed by atoms with Crippen LogP contribution in [0.25, 0.3) is 51.5 Å². The van der Waals surface area contributed by atoms with Crippen LogP contribution in [-0.4, -0.2) is 0 Å². The zero-order valence-electron chi connectivity index (χ0n) is 19.8. The van der Waals surface area contributed by atoms with Crippen molar-refractivity contribution in [2.45, 2.75) is 51.9 Å². The van der Waals surface area contributed by atoms with Crippen LogP contribution in [0.15, 0.2) is 78.9 Å². The van der Waals surface area contributed by atoms with Crippen LogP contribution in [0.4, 0.5) is 0 Å². The van der Waals surface area contributed by atoms with Crippen molar-refractivity contribution in [1.82, 2.24) is 0 Å². The summed E-state index contributed by atoms with van der Waals surface area (Å²) >= 11 is 3.93. The van der Waals surface area contributed by atoms with Crippen LogP contribution < -0.4 is 0 Å². The zero-order valence-corrected chi connectivity index (χ0v) is 21.4. The molecule has 0 unspecified atom stereocenters. The number of unbranched alkanes of at least 4 members (excludes halogenated alkanes) is 5. The van der Waals surface area contributed by atoms with Gasteiger partial charge in [0.25, 0.3) is 0 Å². The molecule has 0 saturated carbocycles. The molecule has 0 saturated heterocycles. The van der Waals surface area contributed by atoms with Crippen LogP contribution in [0.2, 0.25) is 0 Å². The van der Waals surface area contributed by atoms with Crippen molar-refractivity contribution in [1.29, 1.82) is 0 Å². The van der Waals surface area contributed by atoms with E-state index in [0.29, 0.717) is 0 Å². The minimum Gasteiger partial charge on any atom is -0.134 e. The summed E-state index contributed by atoms with van der Waals surface area (Å²) in [5, 5.41) is 5.53. The van der Waals surface area contributed by atoms with E-state index < -0.39 is 0 Å². The van der Waals surface area contributed by atoms with Gasteiger partial charge >= 0.3 is 0 Å². The van der Waals surface area contributed by atoms with Crippen LogP contribution in [-0.2, 0) is 6.42 Å². The fraction of sp³-hybridized carbons (Fsp3) is 0.250. The fourth-order valence-electron chi connectivity index (χ4n) is 5.12. The van der Waals surface area contributed by atoms with E-state index in [9.17, 15) is 0 Å². The van der Waals surface area contributed by atoms with Gasteiger partial charge < -0.3 is 0 Å². The van der Waals surface area contributed by atoms with Gasteiger partial charge in [-0.2, -0.15) is 0 Å². The molecule has 2 aromatic heterocycles. The lowest BCUT2D eigenvalue weighted by Crippen LogP contribution is -1.86. The highest BCUT2D eigenvalue weighted by Gasteiger charge is 2.14. The minimum atomic E-state index is 1.20. The van der Waals surface area contributed by atoms with E-state index in [2.05, 4.69) is 85.8 Å². The molecule has 6 rings (SSSR count). The Hall–Kier alpha value is -2.68. The Morgan fingerprint density at radius 2 is 1.32 bits per heavy atom. The van der Waals surface area contributed by atoms with Gasteiger partial charge in [-0.15, -0.1) is 22.7 Å². The second-order valence-corrected chi connectivity index (χ2v) is 11.6. The largest absolute Gasteiger partial charge is 0.134 e. The molecule has 4 aromatic carbocycles. The van der Waals surface area contributed by atoms with Crippen LogP contribution in [0.3, 0.4) is 0 Å². The molecule has 0 nitrogen and oxygen atoms in total. The van der Waals surface area contributed by atoms with E-state index in [1.165, 1.54) is 102 Å². The van der Waals surface area contributed by atoms with Crippen LogP contribution in [0.5, 0.6) is 0 Å². The molecule has 0 aliphatic carbocycles. The highest BCUT2D eigenvalue weighted by atomic mass is 32.1. The number of benzene rings is 4. The predicted octanol–water partition coefficient (Wildman–Crippen LogP) is 11.0. The third kappa shape index (κ3) is 4.15. The number of thiophene rings is 2. The monoisotopic (exact) mass is 478 g/mol. The molecule has 0 radical (unpaired) electrons. The van der Waals surface area contributed by atoms with E-state index in [1.807, 2.05) is 22.7 Å². The summed E-state index contributed by atoms with van der Waals surface area (Å²) in [6, 6.07) is 29.6. The van der Waals surface area contributed by atoms with Gasteiger partial charge in [0.15, 0.2) is 0 Å². The number of fused-ring (bicyclic) bond motifs is 6. The molecule has 0 aliphatic heterocycles. The predicted molar refractivity (Wildman–Crippen MR) is 155 cm³/mol. The summed E-state index contributed by atoms with van der Waals surface area (Å²) in [6.45, 7) is 2.29. The first kappa shape index (κ1) is 21.8. The molecule has 0 amide bonds. The lowest BCUT2D eigenvalue weighted by atomic mass is 10.0. The van der Waals surface area contributed by atoms with Gasteiger partial charge in [-0.25, -0.2) is 0 Å². The van der Waals surface area contributed by atoms with Crippen LogP contribution in [0.1, 0.15) is 51.0 Å². The lowest BCUT2D eigenvalue weighted by molar-refractivity contribution is 0.607. The van der Waals surface area contributed by atoms with Gasteiger partial charge in [0.05, 0.1) is 9.40 Å². The maximum Gasteiger partial charge on any atom is 0.0542 e. The quantitative estimate of drug-likeness (QED) is 0.191. The SMILES string of the molecule is CCCCCCCCc1ccc2sc3c4cc5cc(-c6ccccc6)ccc5cc4sc3c2c1. The Morgan fingerprint density at radius 1 is 0.559 bits per heavy atom. The summed E-state index contributed by atoms with van der Waals surface area (Å²) in [5.41, 5.74) is 4.06. The number of hydrogen-bond acceptors (Lipinski definition) is 2. The molecule has 0 atom stereocenters. The highest BCUT2D eigenvalue weighted by molar-refractivity contribution is 7.36. The van der Waals surface area contributed by atoms with Crippen molar-refractivity contribution in [3.63, 3.8) is 0 Å². The fourth-order valence-corrected chi connectivity index (χ4v) is 7.77. The smallest absolute Gasteiger partial charge is 0.0542 e. The molecule has 170 valence electrons. The number of aryl methyl sites for hydroxylation is 1. The highest BCUT2D eigenvalue weighted by Crippen LogP contribution is 2.45. The second kappa shape index (κ2) is 9.52. The Bertz CT molecular complexity index is 1580. The normalized spacial score (nSPS) is 11.9. The van der Waals surface area contributed by atoms with Gasteiger partial charge in [-0.3, -0.25) is 0 Å². The summed E-state index contributed by atoms with van der Waals surface area (Å²) in [5.74, 6) is 0. The maximum absolute atomic E-state index is 2.48. The van der Waals surface area contributed by atoms with E-state index in [4.69, 9.17) is 0 Å². The van der Waals surface area contributed by atoms with Gasteiger partial charge in [0.1, 0.15) is 0 Å². The second-order valence-electron chi connectivity index (χ2n) is 9.49. The van der Waals surface area contributed by atoms with Crippen LogP contribution >= 0.6 is 22.7 Å². The van der Waals surface area contributed by atoms with Crippen LogP contribution in [0, 0.1) is 0 Å². The lowest BCUT2D eigenvalue weighted by Gasteiger charge is -2.05. The minimum absolute atomic E-state index is 1.20. The zero-order chi connectivity index (χ0) is 22.9. The van der Waals surface area contributed by atoms with Gasteiger partial charge in [0, 0.05) is 20.2 Å². The molecule has 34 heavy (non-hydrogen) atoms. The van der Waals surface area contributed by atoms with E-state index in [0.717, 1.165) is 0 Å². The Morgan fingerprint density at radius 3 is 2.18 bits per heavy atom. The van der Waals surface area contributed by atoms with Crippen molar-refractivity contribution in [3.8, 4) is 11.1 Å². The van der Waals surface area contributed by atoms with Crippen molar-refractivity contribution < 1.29 is 0 Å². The van der Waals surface area contributed by atoms with Crippen molar-refractivity contribution in [2.24, 2.45) is 0 Å². The van der Waals surface area contributed by atoms with Crippen molar-refractivity contribution >= 4 is 63.0 Å². The summed E-state index contributed by atoms with van der Waals surface area (Å²) < 4.78 is 5.76. The molecular weight excluding hydrogens is 448 g/mol. The number of rotatable bonds is 8. The molecule has 0 bridgehead atoms. The Balaban J connectivity index is 1.35. The molecule has 6 aromatic rings. The van der Waals surface area contributed by atoms with E-state index in [-0.39, 0.29) is 0 Å². The topological polar surface area (TPSA) is 0 Å². The Kier molecular flexibility index (Phi) is 6.11. The average molecular weight is 479 g/mol. The van der Waals surface area contributed by atoms with Crippen molar-refractivity contribution in [3.05, 3.63) is 84.4 Å². The Labute approximate surface area is 209 Å². The molecule has 2 heterocycles. The average Bonchev–Trinajstić information content (AvgIpc) is 3.40. The van der Waals surface area contributed by atoms with Gasteiger partial charge in [-0.1, -0.05) is 87.6 Å². The molecule has 0 N–H and O–H groups in total.